The van der Waals surface area contributed by atoms with Gasteiger partial charge in [-0.25, -0.2) is 22.8 Å². The van der Waals surface area contributed by atoms with E-state index >= 15 is 0 Å². The highest BCUT2D eigenvalue weighted by atomic mass is 19.1. The van der Waals surface area contributed by atoms with Crippen molar-refractivity contribution in [3.63, 3.8) is 0 Å². The molecule has 0 bridgehead atoms. The van der Waals surface area contributed by atoms with E-state index in [9.17, 15) is 13.2 Å². The van der Waals surface area contributed by atoms with Crippen molar-refractivity contribution in [1.29, 1.82) is 0 Å². The van der Waals surface area contributed by atoms with E-state index in [1.54, 1.807) is 12.3 Å². The molecular weight excluding hydrogens is 443 g/mol. The summed E-state index contributed by atoms with van der Waals surface area (Å²) in [7, 11) is 0. The van der Waals surface area contributed by atoms with Crippen LogP contribution < -0.4 is 11.1 Å². The lowest BCUT2D eigenvalue weighted by molar-refractivity contribution is 0.585. The molecule has 0 fully saturated rings. The van der Waals surface area contributed by atoms with Gasteiger partial charge in [-0.2, -0.15) is 4.98 Å². The second-order valence-electron chi connectivity index (χ2n) is 7.49. The Hall–Kier alpha value is -4.47. The van der Waals surface area contributed by atoms with Gasteiger partial charge in [0.25, 0.3) is 0 Å². The Morgan fingerprint density at radius 1 is 0.912 bits per heavy atom. The lowest BCUT2D eigenvalue weighted by atomic mass is 10.1. The smallest absolute Gasteiger partial charge is 0.225 e. The molecule has 5 rings (SSSR count). The number of aromatic nitrogens is 5. The third-order valence-corrected chi connectivity index (χ3v) is 5.20. The number of hydrogen-bond acceptors (Lipinski definition) is 6. The number of halogens is 3. The van der Waals surface area contributed by atoms with E-state index in [0.29, 0.717) is 18.7 Å². The van der Waals surface area contributed by atoms with Crippen LogP contribution >= 0.6 is 0 Å². The molecule has 5 aromatic rings. The molecule has 0 unspecified atom stereocenters. The third kappa shape index (κ3) is 4.13. The van der Waals surface area contributed by atoms with Crippen LogP contribution in [0.15, 0.2) is 66.9 Å². The number of nitrogens with one attached hydrogen (secondary N) is 1. The van der Waals surface area contributed by atoms with Crippen LogP contribution in [0, 0.1) is 17.5 Å². The average Bonchev–Trinajstić information content (AvgIpc) is 3.16. The first-order chi connectivity index (χ1) is 16.5. The van der Waals surface area contributed by atoms with Crippen molar-refractivity contribution >= 4 is 22.8 Å². The molecule has 0 aliphatic rings. The molecule has 34 heavy (non-hydrogen) atoms. The average molecular weight is 461 g/mol. The number of nitrogens with two attached hydrogens (primary N) is 1. The van der Waals surface area contributed by atoms with Crippen LogP contribution in [-0.2, 0) is 6.42 Å². The number of nitrogens with zero attached hydrogens (tertiary/aromatic N) is 5. The largest absolute Gasteiger partial charge is 0.383 e. The summed E-state index contributed by atoms with van der Waals surface area (Å²) < 4.78 is 43.4. The summed E-state index contributed by atoms with van der Waals surface area (Å²) in [5.41, 5.74) is 7.93. The molecule has 0 saturated heterocycles. The van der Waals surface area contributed by atoms with Gasteiger partial charge in [-0.05, 0) is 42.5 Å². The number of nitrogen functional groups attached to an aromatic ring is 1. The summed E-state index contributed by atoms with van der Waals surface area (Å²) in [4.78, 5) is 13.2. The van der Waals surface area contributed by atoms with E-state index in [0.717, 1.165) is 17.8 Å². The molecule has 170 valence electrons. The summed E-state index contributed by atoms with van der Waals surface area (Å²) >= 11 is 0. The summed E-state index contributed by atoms with van der Waals surface area (Å²) in [5.74, 6) is -1.71. The molecule has 0 saturated carbocycles. The van der Waals surface area contributed by atoms with Gasteiger partial charge in [-0.15, -0.1) is 5.10 Å². The fraction of sp³-hybridized carbons (Fsp3) is 0.0833. The first kappa shape index (κ1) is 21.4. The third-order valence-electron chi connectivity index (χ3n) is 5.20. The van der Waals surface area contributed by atoms with Crippen LogP contribution in [0.2, 0.25) is 0 Å². The number of anilines is 2. The molecule has 0 spiro atoms. The molecule has 2 aromatic carbocycles. The number of pyridine rings is 1. The normalized spacial score (nSPS) is 11.1. The number of rotatable bonds is 6. The van der Waals surface area contributed by atoms with Crippen LogP contribution in [0.25, 0.3) is 28.0 Å². The Kier molecular flexibility index (Phi) is 5.54. The highest BCUT2D eigenvalue weighted by Gasteiger charge is 2.21. The molecule has 0 amide bonds. The number of benzene rings is 2. The van der Waals surface area contributed by atoms with Crippen LogP contribution in [-0.4, -0.2) is 31.3 Å². The molecule has 3 aromatic heterocycles. The van der Waals surface area contributed by atoms with Gasteiger partial charge in [-0.3, -0.25) is 4.98 Å². The fourth-order valence-electron chi connectivity index (χ4n) is 3.62. The van der Waals surface area contributed by atoms with Crippen LogP contribution in [0.5, 0.6) is 0 Å². The molecular formula is C24H18F3N7. The van der Waals surface area contributed by atoms with Crippen LogP contribution in [0.3, 0.4) is 0 Å². The summed E-state index contributed by atoms with van der Waals surface area (Å²) in [6, 6.07) is 14.5. The Bertz CT molecular complexity index is 1490. The second kappa shape index (κ2) is 8.81. The van der Waals surface area contributed by atoms with Gasteiger partial charge >= 0.3 is 0 Å². The predicted molar refractivity (Wildman–Crippen MR) is 123 cm³/mol. The van der Waals surface area contributed by atoms with E-state index in [1.165, 1.54) is 28.9 Å². The maximum absolute atomic E-state index is 14.7. The molecule has 0 aliphatic heterocycles. The minimum absolute atomic E-state index is 0.0343. The van der Waals surface area contributed by atoms with Gasteiger partial charge in [0.05, 0.1) is 16.8 Å². The lowest BCUT2D eigenvalue weighted by Crippen LogP contribution is -2.09. The first-order valence-corrected chi connectivity index (χ1v) is 10.4. The van der Waals surface area contributed by atoms with Crippen LogP contribution in [0.4, 0.5) is 24.9 Å². The Balaban J connectivity index is 1.61. The number of fused-ring (bicyclic) bond motifs is 1. The quantitative estimate of drug-likeness (QED) is 0.386. The van der Waals surface area contributed by atoms with Crippen molar-refractivity contribution < 1.29 is 13.2 Å². The van der Waals surface area contributed by atoms with Gasteiger partial charge in [-0.1, -0.05) is 12.1 Å². The van der Waals surface area contributed by atoms with Crippen molar-refractivity contribution in [3.8, 4) is 16.9 Å². The second-order valence-corrected chi connectivity index (χ2v) is 7.49. The Morgan fingerprint density at radius 3 is 2.53 bits per heavy atom. The highest BCUT2D eigenvalue weighted by molar-refractivity contribution is 5.99. The Labute approximate surface area is 192 Å². The van der Waals surface area contributed by atoms with Crippen molar-refractivity contribution in [2.75, 3.05) is 17.6 Å². The zero-order valence-electron chi connectivity index (χ0n) is 17.7. The van der Waals surface area contributed by atoms with Gasteiger partial charge in [0.2, 0.25) is 5.95 Å². The zero-order chi connectivity index (χ0) is 23.7. The zero-order valence-corrected chi connectivity index (χ0v) is 17.7. The van der Waals surface area contributed by atoms with Crippen molar-refractivity contribution in [3.05, 3.63) is 90.0 Å². The van der Waals surface area contributed by atoms with E-state index in [2.05, 4.69) is 25.4 Å². The SMILES string of the molecule is Nc1c2c(-c3ccc(F)cc3F)nc(NCCc3ccccn3)nc2nn1-c1cccc(F)c1. The summed E-state index contributed by atoms with van der Waals surface area (Å²) in [5, 5.41) is 7.77. The molecule has 0 radical (unpaired) electrons. The van der Waals surface area contributed by atoms with Crippen molar-refractivity contribution in [1.82, 2.24) is 24.7 Å². The van der Waals surface area contributed by atoms with Gasteiger partial charge < -0.3 is 11.1 Å². The minimum Gasteiger partial charge on any atom is -0.383 e. The van der Waals surface area contributed by atoms with E-state index in [-0.39, 0.29) is 34.1 Å². The molecule has 3 heterocycles. The fourth-order valence-corrected chi connectivity index (χ4v) is 3.62. The summed E-state index contributed by atoms with van der Waals surface area (Å²) in [6.45, 7) is 0.452. The molecule has 0 atom stereocenters. The lowest BCUT2D eigenvalue weighted by Gasteiger charge is -2.09. The maximum Gasteiger partial charge on any atom is 0.225 e. The molecule has 0 aliphatic carbocycles. The monoisotopic (exact) mass is 461 g/mol. The van der Waals surface area contributed by atoms with Gasteiger partial charge in [0.1, 0.15) is 23.3 Å². The molecule has 3 N–H and O–H groups in total. The predicted octanol–water partition coefficient (Wildman–Crippen LogP) is 4.53. The molecule has 7 nitrogen and oxygen atoms in total. The summed E-state index contributed by atoms with van der Waals surface area (Å²) in [6.07, 6.45) is 2.30. The van der Waals surface area contributed by atoms with E-state index in [4.69, 9.17) is 5.73 Å². The van der Waals surface area contributed by atoms with Crippen molar-refractivity contribution in [2.24, 2.45) is 0 Å². The standard InChI is InChI=1S/C24H18F3N7/c25-14-4-3-6-17(12-14)34-22(28)20-21(18-8-7-15(26)13-19(18)27)31-24(32-23(20)33-34)30-11-9-16-5-1-2-10-29-16/h1-8,10,12-13H,9,11,28H2,(H,30,32,33). The van der Waals surface area contributed by atoms with E-state index < -0.39 is 17.5 Å². The number of hydrogen-bond donors (Lipinski definition) is 2. The molecule has 10 heteroatoms. The van der Waals surface area contributed by atoms with E-state index in [1.807, 2.05) is 18.2 Å². The highest BCUT2D eigenvalue weighted by Crippen LogP contribution is 2.34. The van der Waals surface area contributed by atoms with Crippen LogP contribution in [0.1, 0.15) is 5.69 Å². The van der Waals surface area contributed by atoms with Gasteiger partial charge in [0.15, 0.2) is 5.65 Å². The first-order valence-electron chi connectivity index (χ1n) is 10.4. The Morgan fingerprint density at radius 2 is 1.76 bits per heavy atom. The minimum atomic E-state index is -0.808. The van der Waals surface area contributed by atoms with Gasteiger partial charge in [0, 0.05) is 36.5 Å². The topological polar surface area (TPSA) is 94.5 Å². The van der Waals surface area contributed by atoms with Crippen molar-refractivity contribution in [2.45, 2.75) is 6.42 Å². The maximum atomic E-state index is 14.7.